The molecule has 2 N–H and O–H groups in total. The van der Waals surface area contributed by atoms with Gasteiger partial charge in [-0.25, -0.2) is 4.39 Å². The average Bonchev–Trinajstić information content (AvgIpc) is 3.28. The second kappa shape index (κ2) is 6.89. The van der Waals surface area contributed by atoms with E-state index in [1.165, 1.54) is 18.9 Å². The highest BCUT2D eigenvalue weighted by atomic mass is 19.1. The molecule has 1 amide bonds. The highest BCUT2D eigenvalue weighted by molar-refractivity contribution is 5.78. The summed E-state index contributed by atoms with van der Waals surface area (Å²) in [5.74, 6) is -0.462. The number of hydrogen-bond donors (Lipinski definition) is 2. The van der Waals surface area contributed by atoms with Crippen molar-refractivity contribution in [3.05, 3.63) is 29.6 Å². The Hall–Kier alpha value is -1.62. The van der Waals surface area contributed by atoms with Gasteiger partial charge in [0.2, 0.25) is 5.91 Å². The van der Waals surface area contributed by atoms with Crippen LogP contribution in [0.15, 0.2) is 18.2 Å². The summed E-state index contributed by atoms with van der Waals surface area (Å²) >= 11 is 0. The Balaban J connectivity index is 2.10. The fourth-order valence-corrected chi connectivity index (χ4v) is 2.50. The number of carbonyl (C=O) groups excluding carboxylic acids is 1. The number of nitrogens with zero attached hydrogens (tertiary/aromatic N) is 1. The minimum absolute atomic E-state index is 0.0316. The van der Waals surface area contributed by atoms with Crippen molar-refractivity contribution >= 4 is 11.6 Å². The van der Waals surface area contributed by atoms with Gasteiger partial charge in [0.15, 0.2) is 0 Å². The average molecular weight is 293 g/mol. The van der Waals surface area contributed by atoms with Crippen molar-refractivity contribution in [2.45, 2.75) is 32.4 Å². The lowest BCUT2D eigenvalue weighted by atomic mass is 10.1. The predicted octanol–water partition coefficient (Wildman–Crippen LogP) is 1.90. The van der Waals surface area contributed by atoms with Gasteiger partial charge in [-0.05, 0) is 24.5 Å². The molecule has 1 atom stereocenters. The smallest absolute Gasteiger partial charge is 0.224 e. The first-order valence-corrected chi connectivity index (χ1v) is 7.46. The van der Waals surface area contributed by atoms with E-state index in [4.69, 9.17) is 0 Å². The third-order valence-electron chi connectivity index (χ3n) is 3.85. The summed E-state index contributed by atoms with van der Waals surface area (Å²) in [5, 5.41) is 6.04. The molecule has 116 valence electrons. The molecule has 21 heavy (non-hydrogen) atoms. The van der Waals surface area contributed by atoms with Crippen LogP contribution in [0.1, 0.15) is 25.3 Å². The molecular formula is C16H24FN3O. The van der Waals surface area contributed by atoms with E-state index in [0.717, 1.165) is 5.56 Å². The van der Waals surface area contributed by atoms with Crippen LogP contribution in [0.3, 0.4) is 0 Å². The molecule has 1 fully saturated rings. The molecule has 1 aliphatic rings. The Labute approximate surface area is 125 Å². The zero-order valence-electron chi connectivity index (χ0n) is 12.9. The molecule has 0 aromatic heterocycles. The topological polar surface area (TPSA) is 44.4 Å². The van der Waals surface area contributed by atoms with E-state index in [2.05, 4.69) is 10.6 Å². The maximum absolute atomic E-state index is 14.2. The maximum Gasteiger partial charge on any atom is 0.224 e. The fourth-order valence-electron chi connectivity index (χ4n) is 2.50. The number of para-hydroxylation sites is 1. The minimum Gasteiger partial charge on any atom is -0.371 e. The third kappa shape index (κ3) is 4.17. The number of hydrogen-bond acceptors (Lipinski definition) is 3. The Morgan fingerprint density at radius 1 is 1.48 bits per heavy atom. The summed E-state index contributed by atoms with van der Waals surface area (Å²) in [6, 6.07) is 5.72. The van der Waals surface area contributed by atoms with Gasteiger partial charge < -0.3 is 15.5 Å². The molecular weight excluding hydrogens is 269 g/mol. The van der Waals surface area contributed by atoms with Crippen molar-refractivity contribution in [2.75, 3.05) is 25.5 Å². The number of carbonyl (C=O) groups is 1. The van der Waals surface area contributed by atoms with Crippen LogP contribution in [-0.4, -0.2) is 32.6 Å². The second-order valence-corrected chi connectivity index (χ2v) is 5.80. The Kier molecular flexibility index (Phi) is 5.17. The largest absolute Gasteiger partial charge is 0.371 e. The minimum atomic E-state index is -0.239. The molecule has 0 heterocycles. The van der Waals surface area contributed by atoms with Crippen LogP contribution in [-0.2, 0) is 11.3 Å². The number of anilines is 1. The summed E-state index contributed by atoms with van der Waals surface area (Å²) in [7, 11) is 3.45. The lowest BCUT2D eigenvalue weighted by molar-refractivity contribution is -0.123. The Bertz CT molecular complexity index is 502. The van der Waals surface area contributed by atoms with Crippen LogP contribution in [0.25, 0.3) is 0 Å². The Morgan fingerprint density at radius 2 is 2.19 bits per heavy atom. The first kappa shape index (κ1) is 15.8. The third-order valence-corrected chi connectivity index (χ3v) is 3.85. The molecule has 0 saturated heterocycles. The number of benzene rings is 1. The van der Waals surface area contributed by atoms with E-state index in [0.29, 0.717) is 24.8 Å². The molecule has 1 aliphatic carbocycles. The van der Waals surface area contributed by atoms with E-state index >= 15 is 0 Å². The van der Waals surface area contributed by atoms with Crippen molar-refractivity contribution < 1.29 is 9.18 Å². The zero-order chi connectivity index (χ0) is 15.4. The van der Waals surface area contributed by atoms with Crippen molar-refractivity contribution in [1.82, 2.24) is 10.6 Å². The van der Waals surface area contributed by atoms with Crippen LogP contribution in [0.2, 0.25) is 0 Å². The molecule has 4 nitrogen and oxygen atoms in total. The quantitative estimate of drug-likeness (QED) is 0.807. The van der Waals surface area contributed by atoms with Crippen molar-refractivity contribution in [2.24, 2.45) is 5.92 Å². The molecule has 1 saturated carbocycles. The van der Waals surface area contributed by atoms with E-state index in [1.54, 1.807) is 13.1 Å². The number of rotatable bonds is 7. The first-order valence-electron chi connectivity index (χ1n) is 7.46. The van der Waals surface area contributed by atoms with Crippen LogP contribution in [0.4, 0.5) is 10.1 Å². The van der Waals surface area contributed by atoms with Crippen LogP contribution in [0.5, 0.6) is 0 Å². The molecule has 1 aromatic rings. The number of nitrogens with one attached hydrogen (secondary N) is 2. The van der Waals surface area contributed by atoms with Gasteiger partial charge in [0.25, 0.3) is 0 Å². The lowest BCUT2D eigenvalue weighted by Crippen LogP contribution is -2.35. The second-order valence-electron chi connectivity index (χ2n) is 5.80. The molecule has 1 aromatic carbocycles. The van der Waals surface area contributed by atoms with E-state index < -0.39 is 0 Å². The highest BCUT2D eigenvalue weighted by Gasteiger charge is 2.22. The van der Waals surface area contributed by atoms with Gasteiger partial charge >= 0.3 is 0 Å². The predicted molar refractivity (Wildman–Crippen MR) is 82.8 cm³/mol. The number of halogens is 1. The molecule has 0 radical (unpaired) electrons. The molecule has 0 aliphatic heterocycles. The zero-order valence-corrected chi connectivity index (χ0v) is 12.9. The monoisotopic (exact) mass is 293 g/mol. The lowest BCUT2D eigenvalue weighted by Gasteiger charge is -2.25. The maximum atomic E-state index is 14.2. The van der Waals surface area contributed by atoms with Gasteiger partial charge in [-0.1, -0.05) is 19.1 Å². The molecule has 1 unspecified atom stereocenters. The van der Waals surface area contributed by atoms with Crippen molar-refractivity contribution in [1.29, 1.82) is 0 Å². The summed E-state index contributed by atoms with van der Waals surface area (Å²) in [4.78, 5) is 13.5. The normalized spacial score (nSPS) is 15.6. The standard InChI is InChI=1S/C16H24FN3O/c1-11(16(21)18-2)10-20(3)15-12(5-4-6-14(15)17)9-19-13-7-8-13/h4-6,11,13,19H,7-10H2,1-3H3,(H,18,21). The van der Waals surface area contributed by atoms with E-state index in [9.17, 15) is 9.18 Å². The van der Waals surface area contributed by atoms with Gasteiger partial charge in [0.1, 0.15) is 5.82 Å². The van der Waals surface area contributed by atoms with E-state index in [1.807, 2.05) is 24.9 Å². The van der Waals surface area contributed by atoms with Crippen LogP contribution in [0, 0.1) is 11.7 Å². The van der Waals surface area contributed by atoms with Gasteiger partial charge in [-0.2, -0.15) is 0 Å². The summed E-state index contributed by atoms with van der Waals surface area (Å²) in [6.07, 6.45) is 2.41. The summed E-state index contributed by atoms with van der Waals surface area (Å²) in [5.41, 5.74) is 1.52. The van der Waals surface area contributed by atoms with Crippen molar-refractivity contribution in [3.8, 4) is 0 Å². The molecule has 0 spiro atoms. The van der Waals surface area contributed by atoms with Crippen LogP contribution < -0.4 is 15.5 Å². The Morgan fingerprint density at radius 3 is 2.81 bits per heavy atom. The van der Waals surface area contributed by atoms with Gasteiger partial charge in [-0.3, -0.25) is 4.79 Å². The SMILES string of the molecule is CNC(=O)C(C)CN(C)c1c(F)cccc1CNC1CC1. The number of amides is 1. The fraction of sp³-hybridized carbons (Fsp3) is 0.562. The summed E-state index contributed by atoms with van der Waals surface area (Å²) in [6.45, 7) is 2.99. The van der Waals surface area contributed by atoms with Gasteiger partial charge in [-0.15, -0.1) is 0 Å². The van der Waals surface area contributed by atoms with Gasteiger partial charge in [0.05, 0.1) is 11.6 Å². The van der Waals surface area contributed by atoms with Gasteiger partial charge in [0, 0.05) is 33.2 Å². The molecule has 0 bridgehead atoms. The van der Waals surface area contributed by atoms with Crippen LogP contribution >= 0.6 is 0 Å². The molecule has 2 rings (SSSR count). The molecule has 5 heteroatoms. The highest BCUT2D eigenvalue weighted by Crippen LogP contribution is 2.26. The van der Waals surface area contributed by atoms with Crippen molar-refractivity contribution in [3.63, 3.8) is 0 Å². The summed E-state index contributed by atoms with van der Waals surface area (Å²) < 4.78 is 14.2. The van der Waals surface area contributed by atoms with E-state index in [-0.39, 0.29) is 17.6 Å². The first-order chi connectivity index (χ1) is 10.0.